The lowest BCUT2D eigenvalue weighted by Gasteiger charge is -2.35. The van der Waals surface area contributed by atoms with E-state index in [1.165, 1.54) is 6.42 Å². The summed E-state index contributed by atoms with van der Waals surface area (Å²) in [5.41, 5.74) is 0.0950. The van der Waals surface area contributed by atoms with Crippen LogP contribution in [0.4, 0.5) is 0 Å². The van der Waals surface area contributed by atoms with Crippen molar-refractivity contribution >= 4 is 10.1 Å². The molecular weight excluding hydrogens is 200 g/mol. The molecule has 0 N–H and O–H groups in total. The third kappa shape index (κ3) is 0.807. The average Bonchev–Trinajstić information content (AvgIpc) is 2.50. The first-order chi connectivity index (χ1) is 6.37. The van der Waals surface area contributed by atoms with Crippen LogP contribution in [0.15, 0.2) is 0 Å². The molecule has 3 atom stereocenters. The van der Waals surface area contributed by atoms with Gasteiger partial charge in [0.1, 0.15) is 0 Å². The van der Waals surface area contributed by atoms with E-state index in [0.29, 0.717) is 5.92 Å². The molecule has 80 valence electrons. The number of fused-ring (bicyclic) bond motifs is 1. The Balaban J connectivity index is 2.13. The van der Waals surface area contributed by atoms with Gasteiger partial charge in [-0.15, -0.1) is 0 Å². The molecule has 0 amide bonds. The van der Waals surface area contributed by atoms with E-state index in [-0.39, 0.29) is 22.7 Å². The van der Waals surface area contributed by atoms with E-state index in [1.807, 2.05) is 0 Å². The Labute approximate surface area is 85.0 Å². The largest absolute Gasteiger partial charge is 0.268 e. The summed E-state index contributed by atoms with van der Waals surface area (Å²) in [6, 6.07) is 0. The molecular formula is C10H16O3S. The van der Waals surface area contributed by atoms with Gasteiger partial charge in [0.2, 0.25) is 0 Å². The van der Waals surface area contributed by atoms with Gasteiger partial charge < -0.3 is 0 Å². The van der Waals surface area contributed by atoms with Crippen LogP contribution < -0.4 is 0 Å². The van der Waals surface area contributed by atoms with Crippen molar-refractivity contribution in [3.05, 3.63) is 0 Å². The Morgan fingerprint density at radius 2 is 2.07 bits per heavy atom. The maximum atomic E-state index is 11.5. The van der Waals surface area contributed by atoms with Gasteiger partial charge in [0.25, 0.3) is 10.1 Å². The van der Waals surface area contributed by atoms with Crippen molar-refractivity contribution in [2.24, 2.45) is 16.7 Å². The van der Waals surface area contributed by atoms with Crippen molar-refractivity contribution in [2.45, 2.75) is 39.2 Å². The Hall–Kier alpha value is -0.0900. The zero-order chi connectivity index (χ0) is 10.2. The molecule has 0 aromatic heterocycles. The SMILES string of the molecule is CC1(C)[C@H]2CC[C@@]13CS(=O)(=O)O[C@@H]3C2. The van der Waals surface area contributed by atoms with Crippen LogP contribution >= 0.6 is 0 Å². The summed E-state index contributed by atoms with van der Waals surface area (Å²) in [4.78, 5) is 0. The second-order valence-corrected chi connectivity index (χ2v) is 7.23. The van der Waals surface area contributed by atoms with Crippen LogP contribution in [0.5, 0.6) is 0 Å². The molecule has 1 aliphatic heterocycles. The topological polar surface area (TPSA) is 43.4 Å². The molecule has 0 radical (unpaired) electrons. The average molecular weight is 216 g/mol. The molecule has 14 heavy (non-hydrogen) atoms. The van der Waals surface area contributed by atoms with E-state index in [4.69, 9.17) is 4.18 Å². The van der Waals surface area contributed by atoms with Crippen LogP contribution in [-0.2, 0) is 14.3 Å². The Morgan fingerprint density at radius 3 is 2.64 bits per heavy atom. The molecule has 1 heterocycles. The summed E-state index contributed by atoms with van der Waals surface area (Å²) in [6.45, 7) is 4.43. The highest BCUT2D eigenvalue weighted by Crippen LogP contribution is 2.69. The Morgan fingerprint density at radius 1 is 1.36 bits per heavy atom. The molecule has 3 fully saturated rings. The zero-order valence-corrected chi connectivity index (χ0v) is 9.43. The smallest absolute Gasteiger partial charge is 0.266 e. The van der Waals surface area contributed by atoms with Gasteiger partial charge in [0.15, 0.2) is 0 Å². The Bertz CT molecular complexity index is 384. The van der Waals surface area contributed by atoms with Crippen molar-refractivity contribution in [3.63, 3.8) is 0 Å². The summed E-state index contributed by atoms with van der Waals surface area (Å²) in [5.74, 6) is 0.928. The lowest BCUT2D eigenvalue weighted by Crippen LogP contribution is -2.37. The number of rotatable bonds is 0. The van der Waals surface area contributed by atoms with Gasteiger partial charge in [0.05, 0.1) is 11.9 Å². The fourth-order valence-corrected chi connectivity index (χ4v) is 6.02. The summed E-state index contributed by atoms with van der Waals surface area (Å²) < 4.78 is 28.2. The van der Waals surface area contributed by atoms with Gasteiger partial charge in [-0.05, 0) is 30.6 Å². The second kappa shape index (κ2) is 2.19. The molecule has 0 unspecified atom stereocenters. The molecule has 0 aromatic carbocycles. The van der Waals surface area contributed by atoms with Crippen LogP contribution in [0, 0.1) is 16.7 Å². The summed E-state index contributed by atoms with van der Waals surface area (Å²) in [6.07, 6.45) is 3.16. The highest BCUT2D eigenvalue weighted by molar-refractivity contribution is 7.87. The van der Waals surface area contributed by atoms with E-state index in [1.54, 1.807) is 0 Å². The first-order valence-corrected chi connectivity index (χ1v) is 6.86. The monoisotopic (exact) mass is 216 g/mol. The lowest BCUT2D eigenvalue weighted by molar-refractivity contribution is 0.0715. The minimum Gasteiger partial charge on any atom is -0.266 e. The molecule has 4 heteroatoms. The van der Waals surface area contributed by atoms with Crippen LogP contribution in [0.25, 0.3) is 0 Å². The molecule has 1 saturated heterocycles. The molecule has 3 rings (SSSR count). The third-order valence-corrected chi connectivity index (χ3v) is 6.45. The highest BCUT2D eigenvalue weighted by atomic mass is 32.2. The molecule has 3 nitrogen and oxygen atoms in total. The normalized spacial score (nSPS) is 52.1. The maximum absolute atomic E-state index is 11.5. The van der Waals surface area contributed by atoms with Crippen LogP contribution in [-0.4, -0.2) is 20.3 Å². The predicted molar refractivity (Wildman–Crippen MR) is 52.2 cm³/mol. The first kappa shape index (κ1) is 9.16. The summed E-state index contributed by atoms with van der Waals surface area (Å²) in [7, 11) is -3.22. The zero-order valence-electron chi connectivity index (χ0n) is 8.62. The van der Waals surface area contributed by atoms with Crippen LogP contribution in [0.3, 0.4) is 0 Å². The molecule has 0 aromatic rings. The number of hydrogen-bond acceptors (Lipinski definition) is 3. The van der Waals surface area contributed by atoms with Crippen molar-refractivity contribution in [3.8, 4) is 0 Å². The highest BCUT2D eigenvalue weighted by Gasteiger charge is 2.69. The summed E-state index contributed by atoms with van der Waals surface area (Å²) in [5, 5.41) is 0. The minimum atomic E-state index is -3.22. The third-order valence-electron chi connectivity index (χ3n) is 5.05. The molecule has 1 spiro atoms. The van der Waals surface area contributed by atoms with Gasteiger partial charge in [-0.25, -0.2) is 0 Å². The standard InChI is InChI=1S/C10H16O3S/c1-9(2)7-3-4-10(9)6-14(11,12)13-8(10)5-7/h7-8H,3-6H2,1-2H3/t7-,8+,10-/m0/s1. The van der Waals surface area contributed by atoms with E-state index < -0.39 is 10.1 Å². The van der Waals surface area contributed by atoms with Gasteiger partial charge >= 0.3 is 0 Å². The fraction of sp³-hybridized carbons (Fsp3) is 1.00. The fourth-order valence-electron chi connectivity index (χ4n) is 4.00. The van der Waals surface area contributed by atoms with E-state index >= 15 is 0 Å². The molecule has 2 bridgehead atoms. The molecule has 2 aliphatic carbocycles. The van der Waals surface area contributed by atoms with Gasteiger partial charge in [-0.2, -0.15) is 8.42 Å². The molecule has 3 aliphatic rings. The van der Waals surface area contributed by atoms with Crippen LogP contribution in [0.1, 0.15) is 33.1 Å². The summed E-state index contributed by atoms with van der Waals surface area (Å²) >= 11 is 0. The van der Waals surface area contributed by atoms with Crippen molar-refractivity contribution < 1.29 is 12.6 Å². The van der Waals surface area contributed by atoms with Crippen molar-refractivity contribution in [1.82, 2.24) is 0 Å². The van der Waals surface area contributed by atoms with Gasteiger partial charge in [0, 0.05) is 5.41 Å². The molecule has 2 saturated carbocycles. The maximum Gasteiger partial charge on any atom is 0.268 e. The quantitative estimate of drug-likeness (QED) is 0.577. The Kier molecular flexibility index (Phi) is 1.43. The van der Waals surface area contributed by atoms with E-state index in [9.17, 15) is 8.42 Å². The van der Waals surface area contributed by atoms with E-state index in [0.717, 1.165) is 12.8 Å². The van der Waals surface area contributed by atoms with Crippen molar-refractivity contribution in [2.75, 3.05) is 5.75 Å². The van der Waals surface area contributed by atoms with Crippen molar-refractivity contribution in [1.29, 1.82) is 0 Å². The number of hydrogen-bond donors (Lipinski definition) is 0. The lowest BCUT2D eigenvalue weighted by atomic mass is 9.70. The minimum absolute atomic E-state index is 0.0127. The predicted octanol–water partition coefficient (Wildman–Crippen LogP) is 1.54. The first-order valence-electron chi connectivity index (χ1n) is 5.28. The second-order valence-electron chi connectivity index (χ2n) is 5.64. The van der Waals surface area contributed by atoms with Crippen LogP contribution in [0.2, 0.25) is 0 Å². The van der Waals surface area contributed by atoms with E-state index in [2.05, 4.69) is 13.8 Å². The van der Waals surface area contributed by atoms with Gasteiger partial charge in [-0.3, -0.25) is 4.18 Å². The van der Waals surface area contributed by atoms with Gasteiger partial charge in [-0.1, -0.05) is 13.8 Å².